The van der Waals surface area contributed by atoms with Gasteiger partial charge in [-0.2, -0.15) is 0 Å². The number of hydrogen-bond donors (Lipinski definition) is 1. The van der Waals surface area contributed by atoms with Crippen LogP contribution in [0.15, 0.2) is 66.2 Å². The number of aliphatic hydroxyl groups is 1. The summed E-state index contributed by atoms with van der Waals surface area (Å²) in [5.41, 5.74) is 0.214. The molecule has 1 fully saturated rings. The quantitative estimate of drug-likeness (QED) is 0.269. The Morgan fingerprint density at radius 1 is 1.03 bits per heavy atom. The summed E-state index contributed by atoms with van der Waals surface area (Å²) in [6.45, 7) is 2.26. The average Bonchev–Trinajstić information content (AvgIpc) is 3.11. The molecule has 180 valence electrons. The Balaban J connectivity index is 1.96. The first-order valence-electron chi connectivity index (χ1n) is 10.6. The molecule has 1 unspecified atom stereocenters. The van der Waals surface area contributed by atoms with Crippen molar-refractivity contribution in [2.45, 2.75) is 13.0 Å². The van der Waals surface area contributed by atoms with Crippen molar-refractivity contribution in [2.24, 2.45) is 0 Å². The summed E-state index contributed by atoms with van der Waals surface area (Å²) < 4.78 is 38.4. The van der Waals surface area contributed by atoms with Gasteiger partial charge >= 0.3 is 0 Å². The number of ether oxygens (including phenoxy) is 2. The lowest BCUT2D eigenvalue weighted by atomic mass is 9.94. The summed E-state index contributed by atoms with van der Waals surface area (Å²) in [6.07, 6.45) is 0. The minimum atomic E-state index is -1.19. The Morgan fingerprint density at radius 3 is 2.37 bits per heavy atom. The molecule has 9 heteroatoms. The number of anilines is 1. The maximum Gasteiger partial charge on any atom is 0.300 e. The van der Waals surface area contributed by atoms with E-state index < -0.39 is 35.1 Å². The fraction of sp³-hybridized carbons (Fsp3) is 0.154. The Morgan fingerprint density at radius 2 is 1.74 bits per heavy atom. The van der Waals surface area contributed by atoms with Crippen LogP contribution in [-0.4, -0.2) is 30.5 Å². The van der Waals surface area contributed by atoms with Crippen molar-refractivity contribution < 1.29 is 33.0 Å². The highest BCUT2D eigenvalue weighted by Crippen LogP contribution is 2.44. The average molecular weight is 500 g/mol. The minimum Gasteiger partial charge on any atom is -0.507 e. The molecule has 1 aliphatic heterocycles. The van der Waals surface area contributed by atoms with Gasteiger partial charge in [0.15, 0.2) is 11.6 Å². The molecule has 1 aliphatic rings. The van der Waals surface area contributed by atoms with E-state index in [9.17, 15) is 23.5 Å². The predicted molar refractivity (Wildman–Crippen MR) is 127 cm³/mol. The largest absolute Gasteiger partial charge is 0.507 e. The molecule has 0 bridgehead atoms. The Kier molecular flexibility index (Phi) is 6.75. The van der Waals surface area contributed by atoms with E-state index in [2.05, 4.69) is 0 Å². The topological polar surface area (TPSA) is 76.1 Å². The second-order valence-electron chi connectivity index (χ2n) is 7.61. The zero-order chi connectivity index (χ0) is 25.3. The fourth-order valence-electron chi connectivity index (χ4n) is 3.97. The number of ketones is 1. The Labute approximate surface area is 205 Å². The lowest BCUT2D eigenvalue weighted by Gasteiger charge is -2.26. The van der Waals surface area contributed by atoms with E-state index in [1.54, 1.807) is 30.3 Å². The second-order valence-corrected chi connectivity index (χ2v) is 8.05. The van der Waals surface area contributed by atoms with Crippen molar-refractivity contribution in [1.29, 1.82) is 0 Å². The van der Waals surface area contributed by atoms with Crippen LogP contribution in [0.3, 0.4) is 0 Å². The number of nitrogens with zero attached hydrogens (tertiary/aromatic N) is 1. The van der Waals surface area contributed by atoms with Gasteiger partial charge in [-0.15, -0.1) is 0 Å². The van der Waals surface area contributed by atoms with Gasteiger partial charge in [-0.05, 0) is 55.0 Å². The van der Waals surface area contributed by atoms with Gasteiger partial charge in [0, 0.05) is 16.8 Å². The van der Waals surface area contributed by atoms with Crippen LogP contribution in [0.1, 0.15) is 24.1 Å². The number of methoxy groups -OCH3 is 1. The van der Waals surface area contributed by atoms with Crippen LogP contribution >= 0.6 is 11.6 Å². The molecule has 0 saturated carbocycles. The van der Waals surface area contributed by atoms with Crippen LogP contribution in [-0.2, 0) is 9.59 Å². The molecule has 6 nitrogen and oxygen atoms in total. The number of carbonyl (C=O) groups excluding carboxylic acids is 2. The van der Waals surface area contributed by atoms with Crippen molar-refractivity contribution in [3.63, 3.8) is 0 Å². The highest BCUT2D eigenvalue weighted by atomic mass is 35.5. The van der Waals surface area contributed by atoms with Crippen molar-refractivity contribution >= 4 is 34.7 Å². The summed E-state index contributed by atoms with van der Waals surface area (Å²) in [5.74, 6) is -4.07. The van der Waals surface area contributed by atoms with Gasteiger partial charge in [0.05, 0.1) is 30.9 Å². The molecule has 0 aliphatic carbocycles. The van der Waals surface area contributed by atoms with Crippen LogP contribution in [0.2, 0.25) is 5.02 Å². The number of hydrogen-bond acceptors (Lipinski definition) is 5. The van der Waals surface area contributed by atoms with Crippen molar-refractivity contribution in [1.82, 2.24) is 0 Å². The van der Waals surface area contributed by atoms with Gasteiger partial charge in [-0.1, -0.05) is 23.7 Å². The lowest BCUT2D eigenvalue weighted by Crippen LogP contribution is -2.29. The van der Waals surface area contributed by atoms with E-state index >= 15 is 0 Å². The molecule has 0 radical (unpaired) electrons. The predicted octanol–water partition coefficient (Wildman–Crippen LogP) is 5.65. The summed E-state index contributed by atoms with van der Waals surface area (Å²) in [4.78, 5) is 27.4. The van der Waals surface area contributed by atoms with Gasteiger partial charge in [-0.3, -0.25) is 14.5 Å². The maximum atomic E-state index is 14.1. The van der Waals surface area contributed by atoms with Gasteiger partial charge in [-0.25, -0.2) is 8.78 Å². The number of halogens is 3. The van der Waals surface area contributed by atoms with Crippen LogP contribution < -0.4 is 14.4 Å². The lowest BCUT2D eigenvalue weighted by molar-refractivity contribution is -0.132. The van der Waals surface area contributed by atoms with Gasteiger partial charge in [0.2, 0.25) is 0 Å². The monoisotopic (exact) mass is 499 g/mol. The van der Waals surface area contributed by atoms with E-state index in [0.717, 1.165) is 17.0 Å². The third-order valence-electron chi connectivity index (χ3n) is 5.55. The summed E-state index contributed by atoms with van der Waals surface area (Å²) in [7, 11) is 1.38. The first-order valence-corrected chi connectivity index (χ1v) is 11.0. The molecular weight excluding hydrogens is 480 g/mol. The first kappa shape index (κ1) is 24.2. The van der Waals surface area contributed by atoms with Crippen molar-refractivity contribution in [3.05, 3.63) is 94.0 Å². The Bertz CT molecular complexity index is 1340. The van der Waals surface area contributed by atoms with Crippen molar-refractivity contribution in [3.8, 4) is 11.5 Å². The molecule has 1 amide bonds. The molecule has 0 spiro atoms. The smallest absolute Gasteiger partial charge is 0.300 e. The van der Waals surface area contributed by atoms with E-state index in [0.29, 0.717) is 17.9 Å². The van der Waals surface area contributed by atoms with Crippen LogP contribution in [0, 0.1) is 11.6 Å². The standard InChI is InChI=1S/C26H20ClF2NO5/c1-3-35-17-8-4-14(5-9-17)23-22(24(31)18-12-15(27)6-11-21(18)34-2)25(32)26(33)30(23)16-7-10-19(28)20(29)13-16/h4-13,23,31H,3H2,1-2H3/b24-22+. The summed E-state index contributed by atoms with van der Waals surface area (Å²) >= 11 is 6.10. The third-order valence-corrected chi connectivity index (χ3v) is 5.78. The van der Waals surface area contributed by atoms with E-state index in [1.165, 1.54) is 25.3 Å². The SMILES string of the molecule is CCOc1ccc(C2/C(=C(\O)c3cc(Cl)ccc3OC)C(=O)C(=O)N2c2ccc(F)c(F)c2)cc1. The molecule has 1 heterocycles. The molecule has 3 aromatic carbocycles. The van der Waals surface area contributed by atoms with Gasteiger partial charge in [0.1, 0.15) is 17.3 Å². The summed E-state index contributed by atoms with van der Waals surface area (Å²) in [6, 6.07) is 12.7. The van der Waals surface area contributed by atoms with Crippen LogP contribution in [0.4, 0.5) is 14.5 Å². The Hall–Kier alpha value is -3.91. The number of Topliss-reactive ketones (excluding diaryl/α,β-unsaturated/α-hetero) is 1. The number of aliphatic hydroxyl groups excluding tert-OH is 1. The normalized spacial score (nSPS) is 17.1. The fourth-order valence-corrected chi connectivity index (χ4v) is 4.14. The highest BCUT2D eigenvalue weighted by molar-refractivity contribution is 6.51. The molecule has 3 aromatic rings. The number of rotatable bonds is 6. The third kappa shape index (κ3) is 4.44. The van der Waals surface area contributed by atoms with Gasteiger partial charge < -0.3 is 14.6 Å². The van der Waals surface area contributed by atoms with E-state index in [4.69, 9.17) is 21.1 Å². The molecule has 0 aromatic heterocycles. The van der Waals surface area contributed by atoms with Crippen LogP contribution in [0.5, 0.6) is 11.5 Å². The van der Waals surface area contributed by atoms with Crippen LogP contribution in [0.25, 0.3) is 5.76 Å². The minimum absolute atomic E-state index is 0.0537. The maximum absolute atomic E-state index is 14.1. The number of carbonyl (C=O) groups is 2. The molecule has 35 heavy (non-hydrogen) atoms. The van der Waals surface area contributed by atoms with Gasteiger partial charge in [0.25, 0.3) is 11.7 Å². The number of benzene rings is 3. The second kappa shape index (κ2) is 9.76. The molecular formula is C26H20ClF2NO5. The highest BCUT2D eigenvalue weighted by Gasteiger charge is 2.47. The zero-order valence-electron chi connectivity index (χ0n) is 18.7. The molecule has 4 rings (SSSR count). The number of amides is 1. The molecule has 1 atom stereocenters. The van der Waals surface area contributed by atoms with Crippen molar-refractivity contribution in [2.75, 3.05) is 18.6 Å². The van der Waals surface area contributed by atoms with E-state index in [-0.39, 0.29) is 27.6 Å². The molecule has 1 N–H and O–H groups in total. The first-order chi connectivity index (χ1) is 16.8. The summed E-state index contributed by atoms with van der Waals surface area (Å²) in [5, 5.41) is 11.5. The zero-order valence-corrected chi connectivity index (χ0v) is 19.5. The molecule has 1 saturated heterocycles. The van der Waals surface area contributed by atoms with E-state index in [1.807, 2.05) is 6.92 Å².